The second-order valence-electron chi connectivity index (χ2n) is 5.82. The fourth-order valence-corrected chi connectivity index (χ4v) is 2.96. The van der Waals surface area contributed by atoms with Gasteiger partial charge in [0, 0.05) is 0 Å². The standard InChI is InChI=1S/C16H22N4O2/c21-15(13-7-3-9-17-13)19-11-5-1-2-6-12(11)20-16(22)14-8-4-10-18-14/h1-2,5-6,13-14,17-18H,3-4,7-10H2,(H,19,21)(H,20,22)/t13-,14-/m0/s1. The zero-order valence-electron chi connectivity index (χ0n) is 12.5. The number of carbonyl (C=O) groups excluding carboxylic acids is 2. The molecule has 0 aromatic heterocycles. The van der Waals surface area contributed by atoms with Crippen LogP contribution in [0.2, 0.25) is 0 Å². The van der Waals surface area contributed by atoms with Gasteiger partial charge in [-0.2, -0.15) is 0 Å². The molecule has 2 aliphatic rings. The molecule has 22 heavy (non-hydrogen) atoms. The Balaban J connectivity index is 1.66. The van der Waals surface area contributed by atoms with Gasteiger partial charge in [0.2, 0.25) is 11.8 Å². The predicted octanol–water partition coefficient (Wildman–Crippen LogP) is 1.07. The highest BCUT2D eigenvalue weighted by molar-refractivity contribution is 6.02. The summed E-state index contributed by atoms with van der Waals surface area (Å²) in [4.78, 5) is 24.4. The molecule has 0 spiro atoms. The zero-order valence-corrected chi connectivity index (χ0v) is 12.5. The van der Waals surface area contributed by atoms with Crippen LogP contribution in [0.15, 0.2) is 24.3 Å². The summed E-state index contributed by atoms with van der Waals surface area (Å²) in [5.74, 6) is -0.0867. The van der Waals surface area contributed by atoms with Crippen LogP contribution in [0.4, 0.5) is 11.4 Å². The first-order valence-corrected chi connectivity index (χ1v) is 7.91. The van der Waals surface area contributed by atoms with E-state index in [2.05, 4.69) is 21.3 Å². The lowest BCUT2D eigenvalue weighted by atomic mass is 10.2. The van der Waals surface area contributed by atoms with Gasteiger partial charge in [-0.05, 0) is 50.9 Å². The van der Waals surface area contributed by atoms with Crippen LogP contribution in [0.25, 0.3) is 0 Å². The van der Waals surface area contributed by atoms with Crippen molar-refractivity contribution in [3.05, 3.63) is 24.3 Å². The van der Waals surface area contributed by atoms with Crippen molar-refractivity contribution in [2.45, 2.75) is 37.8 Å². The van der Waals surface area contributed by atoms with Gasteiger partial charge in [-0.15, -0.1) is 0 Å². The summed E-state index contributed by atoms with van der Waals surface area (Å²) in [5, 5.41) is 12.2. The fourth-order valence-electron chi connectivity index (χ4n) is 2.96. The Morgan fingerprint density at radius 2 is 1.32 bits per heavy atom. The molecular weight excluding hydrogens is 280 g/mol. The molecule has 1 aromatic rings. The Morgan fingerprint density at radius 1 is 0.864 bits per heavy atom. The van der Waals surface area contributed by atoms with Crippen molar-refractivity contribution in [3.63, 3.8) is 0 Å². The Morgan fingerprint density at radius 3 is 1.68 bits per heavy atom. The number of rotatable bonds is 4. The average molecular weight is 302 g/mol. The van der Waals surface area contributed by atoms with Crippen molar-refractivity contribution in [1.82, 2.24) is 10.6 Å². The van der Waals surface area contributed by atoms with Gasteiger partial charge in [-0.1, -0.05) is 12.1 Å². The smallest absolute Gasteiger partial charge is 0.241 e. The number of anilines is 2. The molecule has 2 fully saturated rings. The molecule has 2 atom stereocenters. The summed E-state index contributed by atoms with van der Waals surface area (Å²) in [6.07, 6.45) is 3.74. The van der Waals surface area contributed by atoms with E-state index in [0.29, 0.717) is 11.4 Å². The monoisotopic (exact) mass is 302 g/mol. The third-order valence-electron chi connectivity index (χ3n) is 4.20. The van der Waals surface area contributed by atoms with Crippen molar-refractivity contribution in [1.29, 1.82) is 0 Å². The third kappa shape index (κ3) is 3.45. The highest BCUT2D eigenvalue weighted by atomic mass is 16.2. The summed E-state index contributed by atoms with van der Waals surface area (Å²) in [5.41, 5.74) is 1.29. The van der Waals surface area contributed by atoms with Crippen LogP contribution in [-0.2, 0) is 9.59 Å². The van der Waals surface area contributed by atoms with E-state index >= 15 is 0 Å². The number of para-hydroxylation sites is 2. The molecule has 2 saturated heterocycles. The van der Waals surface area contributed by atoms with Crippen LogP contribution in [0.5, 0.6) is 0 Å². The highest BCUT2D eigenvalue weighted by Crippen LogP contribution is 2.22. The van der Waals surface area contributed by atoms with E-state index in [1.165, 1.54) is 0 Å². The lowest BCUT2D eigenvalue weighted by molar-refractivity contribution is -0.118. The number of benzene rings is 1. The predicted molar refractivity (Wildman–Crippen MR) is 85.8 cm³/mol. The van der Waals surface area contributed by atoms with Gasteiger partial charge in [0.05, 0.1) is 23.5 Å². The van der Waals surface area contributed by atoms with Gasteiger partial charge in [-0.3, -0.25) is 9.59 Å². The summed E-state index contributed by atoms with van der Waals surface area (Å²) in [6.45, 7) is 1.76. The number of hydrogen-bond acceptors (Lipinski definition) is 4. The Kier molecular flexibility index (Phi) is 4.70. The molecule has 0 bridgehead atoms. The maximum Gasteiger partial charge on any atom is 0.241 e. The van der Waals surface area contributed by atoms with Crippen molar-refractivity contribution in [2.75, 3.05) is 23.7 Å². The number of carbonyl (C=O) groups is 2. The van der Waals surface area contributed by atoms with E-state index in [0.717, 1.165) is 38.8 Å². The molecule has 4 N–H and O–H groups in total. The van der Waals surface area contributed by atoms with Crippen LogP contribution < -0.4 is 21.3 Å². The minimum Gasteiger partial charge on any atom is -0.323 e. The SMILES string of the molecule is O=C(Nc1ccccc1NC(=O)[C@@H]1CCCN1)[C@@H]1CCCN1. The first-order valence-electron chi connectivity index (χ1n) is 7.91. The molecule has 2 aliphatic heterocycles. The normalized spacial score (nSPS) is 24.2. The summed E-state index contributed by atoms with van der Waals surface area (Å²) in [6, 6.07) is 7.04. The lowest BCUT2D eigenvalue weighted by Gasteiger charge is -2.16. The van der Waals surface area contributed by atoms with E-state index < -0.39 is 0 Å². The Bertz CT molecular complexity index is 500. The fraction of sp³-hybridized carbons (Fsp3) is 0.500. The lowest BCUT2D eigenvalue weighted by Crippen LogP contribution is -2.37. The minimum atomic E-state index is -0.139. The van der Waals surface area contributed by atoms with Gasteiger partial charge >= 0.3 is 0 Å². The minimum absolute atomic E-state index is 0.0433. The molecule has 0 radical (unpaired) electrons. The molecule has 1 aromatic carbocycles. The molecular formula is C16H22N4O2. The maximum atomic E-state index is 12.2. The van der Waals surface area contributed by atoms with Crippen LogP contribution in [0.3, 0.4) is 0 Å². The number of hydrogen-bond donors (Lipinski definition) is 4. The Hall–Kier alpha value is -1.92. The van der Waals surface area contributed by atoms with E-state index in [4.69, 9.17) is 0 Å². The van der Waals surface area contributed by atoms with Crippen molar-refractivity contribution >= 4 is 23.2 Å². The third-order valence-corrected chi connectivity index (χ3v) is 4.20. The topological polar surface area (TPSA) is 82.3 Å². The summed E-state index contributed by atoms with van der Waals surface area (Å²) < 4.78 is 0. The van der Waals surface area contributed by atoms with Crippen molar-refractivity contribution < 1.29 is 9.59 Å². The van der Waals surface area contributed by atoms with Gasteiger partial charge < -0.3 is 21.3 Å². The zero-order chi connectivity index (χ0) is 15.4. The van der Waals surface area contributed by atoms with E-state index in [1.807, 2.05) is 24.3 Å². The van der Waals surface area contributed by atoms with Gasteiger partial charge in [0.1, 0.15) is 0 Å². The Labute approximate surface area is 130 Å². The molecule has 0 saturated carbocycles. The van der Waals surface area contributed by atoms with Crippen LogP contribution in [0, 0.1) is 0 Å². The quantitative estimate of drug-likeness (QED) is 0.670. The molecule has 2 heterocycles. The van der Waals surface area contributed by atoms with E-state index in [1.54, 1.807) is 0 Å². The second kappa shape index (κ2) is 6.89. The van der Waals surface area contributed by atoms with Crippen LogP contribution in [0.1, 0.15) is 25.7 Å². The molecule has 0 aliphatic carbocycles. The molecule has 2 amide bonds. The van der Waals surface area contributed by atoms with Crippen LogP contribution in [-0.4, -0.2) is 37.0 Å². The van der Waals surface area contributed by atoms with Gasteiger partial charge in [-0.25, -0.2) is 0 Å². The first kappa shape index (κ1) is 15.0. The maximum absolute atomic E-state index is 12.2. The largest absolute Gasteiger partial charge is 0.323 e. The van der Waals surface area contributed by atoms with E-state index in [9.17, 15) is 9.59 Å². The van der Waals surface area contributed by atoms with Crippen LogP contribution >= 0.6 is 0 Å². The van der Waals surface area contributed by atoms with Gasteiger partial charge in [0.25, 0.3) is 0 Å². The highest BCUT2D eigenvalue weighted by Gasteiger charge is 2.24. The second-order valence-corrected chi connectivity index (χ2v) is 5.82. The molecule has 0 unspecified atom stereocenters. The van der Waals surface area contributed by atoms with Gasteiger partial charge in [0.15, 0.2) is 0 Å². The summed E-state index contributed by atoms with van der Waals surface area (Å²) in [7, 11) is 0. The number of nitrogens with one attached hydrogen (secondary N) is 4. The first-order chi connectivity index (χ1) is 10.7. The molecule has 118 valence electrons. The molecule has 6 nitrogen and oxygen atoms in total. The molecule has 6 heteroatoms. The molecule has 3 rings (SSSR count). The van der Waals surface area contributed by atoms with Crippen molar-refractivity contribution in [3.8, 4) is 0 Å². The van der Waals surface area contributed by atoms with E-state index in [-0.39, 0.29) is 23.9 Å². The average Bonchev–Trinajstić information content (AvgIpc) is 3.23. The summed E-state index contributed by atoms with van der Waals surface area (Å²) >= 11 is 0. The number of amides is 2. The van der Waals surface area contributed by atoms with Crippen molar-refractivity contribution in [2.24, 2.45) is 0 Å².